The fourth-order valence-electron chi connectivity index (χ4n) is 1.35. The van der Waals surface area contributed by atoms with Crippen LogP contribution in [0.4, 0.5) is 0 Å². The maximum absolute atomic E-state index is 4.31. The van der Waals surface area contributed by atoms with Crippen molar-refractivity contribution in [2.45, 2.75) is 12.8 Å². The molecular formula is C11H11NS. The Morgan fingerprint density at radius 2 is 2.00 bits per heavy atom. The summed E-state index contributed by atoms with van der Waals surface area (Å²) in [4.78, 5) is 4.31. The fraction of sp³-hybridized carbons (Fsp3) is 0.182. The predicted molar refractivity (Wildman–Crippen MR) is 56.1 cm³/mol. The maximum Gasteiger partial charge on any atom is 0.0794 e. The summed E-state index contributed by atoms with van der Waals surface area (Å²) in [6, 6.07) is 10.5. The van der Waals surface area contributed by atoms with Crippen LogP contribution in [0.25, 0.3) is 0 Å². The standard InChI is InChI=1S/C11H11NS/c1-9(11-7-13-8-12-11)10-5-3-2-4-6-10/h2-9H,1H3. The Balaban J connectivity index is 2.29. The summed E-state index contributed by atoms with van der Waals surface area (Å²) in [5.41, 5.74) is 4.37. The predicted octanol–water partition coefficient (Wildman–Crippen LogP) is 3.29. The van der Waals surface area contributed by atoms with Gasteiger partial charge in [0.2, 0.25) is 0 Å². The molecule has 0 fully saturated rings. The Labute approximate surface area is 82.1 Å². The molecule has 0 aliphatic rings. The van der Waals surface area contributed by atoms with Crippen LogP contribution in [0.15, 0.2) is 41.2 Å². The zero-order valence-corrected chi connectivity index (χ0v) is 8.29. The number of rotatable bonds is 2. The zero-order chi connectivity index (χ0) is 9.10. The van der Waals surface area contributed by atoms with Crippen LogP contribution in [-0.4, -0.2) is 4.98 Å². The molecule has 2 aromatic rings. The van der Waals surface area contributed by atoms with E-state index in [1.165, 1.54) is 5.56 Å². The third-order valence-electron chi connectivity index (χ3n) is 2.19. The van der Waals surface area contributed by atoms with E-state index in [1.54, 1.807) is 11.3 Å². The van der Waals surface area contributed by atoms with Gasteiger partial charge in [0.05, 0.1) is 11.2 Å². The lowest BCUT2D eigenvalue weighted by Crippen LogP contribution is -1.94. The third kappa shape index (κ3) is 1.78. The van der Waals surface area contributed by atoms with Gasteiger partial charge in [0.1, 0.15) is 0 Å². The van der Waals surface area contributed by atoms with Crippen molar-refractivity contribution in [1.82, 2.24) is 4.98 Å². The molecule has 0 amide bonds. The highest BCUT2D eigenvalue weighted by atomic mass is 32.1. The molecule has 2 rings (SSSR count). The fourth-order valence-corrected chi connectivity index (χ4v) is 2.00. The number of thiazole rings is 1. The van der Waals surface area contributed by atoms with Gasteiger partial charge < -0.3 is 0 Å². The third-order valence-corrected chi connectivity index (χ3v) is 2.80. The number of nitrogens with zero attached hydrogens (tertiary/aromatic N) is 1. The second-order valence-electron chi connectivity index (χ2n) is 3.05. The normalized spacial score (nSPS) is 12.7. The van der Waals surface area contributed by atoms with E-state index in [1.807, 2.05) is 11.6 Å². The minimum absolute atomic E-state index is 0.410. The van der Waals surface area contributed by atoms with Crippen molar-refractivity contribution in [2.75, 3.05) is 0 Å². The average Bonchev–Trinajstić information content (AvgIpc) is 2.71. The van der Waals surface area contributed by atoms with E-state index in [-0.39, 0.29) is 0 Å². The van der Waals surface area contributed by atoms with Crippen LogP contribution in [0.1, 0.15) is 24.1 Å². The van der Waals surface area contributed by atoms with Crippen LogP contribution < -0.4 is 0 Å². The van der Waals surface area contributed by atoms with Crippen LogP contribution in [-0.2, 0) is 0 Å². The highest BCUT2D eigenvalue weighted by Crippen LogP contribution is 2.22. The number of hydrogen-bond acceptors (Lipinski definition) is 2. The lowest BCUT2D eigenvalue weighted by atomic mass is 9.99. The van der Waals surface area contributed by atoms with Crippen molar-refractivity contribution < 1.29 is 0 Å². The minimum atomic E-state index is 0.410. The monoisotopic (exact) mass is 189 g/mol. The van der Waals surface area contributed by atoms with Crippen molar-refractivity contribution in [3.8, 4) is 0 Å². The van der Waals surface area contributed by atoms with Crippen molar-refractivity contribution in [1.29, 1.82) is 0 Å². The maximum atomic E-state index is 4.31. The molecule has 0 radical (unpaired) electrons. The van der Waals surface area contributed by atoms with E-state index < -0.39 is 0 Å². The molecule has 2 heteroatoms. The molecule has 1 aromatic carbocycles. The van der Waals surface area contributed by atoms with Gasteiger partial charge in [-0.1, -0.05) is 37.3 Å². The van der Waals surface area contributed by atoms with Gasteiger partial charge in [-0.05, 0) is 5.56 Å². The van der Waals surface area contributed by atoms with E-state index in [0.29, 0.717) is 5.92 Å². The summed E-state index contributed by atoms with van der Waals surface area (Å²) in [5, 5.41) is 2.11. The molecule has 1 atom stereocenters. The molecule has 0 spiro atoms. The summed E-state index contributed by atoms with van der Waals surface area (Å²) in [6.07, 6.45) is 0. The van der Waals surface area contributed by atoms with Crippen molar-refractivity contribution in [3.63, 3.8) is 0 Å². The summed E-state index contributed by atoms with van der Waals surface area (Å²) in [5.74, 6) is 0.410. The first kappa shape index (κ1) is 8.45. The van der Waals surface area contributed by atoms with Gasteiger partial charge in [0, 0.05) is 11.3 Å². The molecule has 1 aromatic heterocycles. The topological polar surface area (TPSA) is 12.9 Å². The summed E-state index contributed by atoms with van der Waals surface area (Å²) >= 11 is 1.65. The second kappa shape index (κ2) is 3.71. The van der Waals surface area contributed by atoms with E-state index in [9.17, 15) is 0 Å². The minimum Gasteiger partial charge on any atom is -0.249 e. The van der Waals surface area contributed by atoms with Gasteiger partial charge in [-0.3, -0.25) is 0 Å². The molecule has 0 saturated heterocycles. The van der Waals surface area contributed by atoms with Crippen LogP contribution in [0.2, 0.25) is 0 Å². The van der Waals surface area contributed by atoms with E-state index >= 15 is 0 Å². The van der Waals surface area contributed by atoms with E-state index in [2.05, 4.69) is 41.6 Å². The molecule has 0 aliphatic carbocycles. The molecule has 0 bridgehead atoms. The zero-order valence-electron chi connectivity index (χ0n) is 7.47. The Morgan fingerprint density at radius 3 is 2.62 bits per heavy atom. The number of hydrogen-bond donors (Lipinski definition) is 0. The average molecular weight is 189 g/mol. The van der Waals surface area contributed by atoms with Gasteiger partial charge in [-0.15, -0.1) is 11.3 Å². The number of benzene rings is 1. The van der Waals surface area contributed by atoms with Crippen molar-refractivity contribution in [3.05, 3.63) is 52.5 Å². The lowest BCUT2D eigenvalue weighted by molar-refractivity contribution is 0.884. The number of aromatic nitrogens is 1. The Hall–Kier alpha value is -1.15. The smallest absolute Gasteiger partial charge is 0.0794 e. The van der Waals surface area contributed by atoms with E-state index in [4.69, 9.17) is 0 Å². The van der Waals surface area contributed by atoms with Crippen LogP contribution in [0.5, 0.6) is 0 Å². The Kier molecular flexibility index (Phi) is 2.41. The Bertz CT molecular complexity index is 353. The van der Waals surface area contributed by atoms with Crippen LogP contribution in [0, 0.1) is 0 Å². The highest BCUT2D eigenvalue weighted by Gasteiger charge is 2.08. The SMILES string of the molecule is CC(c1ccccc1)c1cscn1. The Morgan fingerprint density at radius 1 is 1.23 bits per heavy atom. The second-order valence-corrected chi connectivity index (χ2v) is 3.76. The molecule has 1 heterocycles. The van der Waals surface area contributed by atoms with Gasteiger partial charge in [-0.2, -0.15) is 0 Å². The molecule has 66 valence electrons. The molecule has 0 saturated carbocycles. The lowest BCUT2D eigenvalue weighted by Gasteiger charge is -2.07. The molecule has 1 nitrogen and oxygen atoms in total. The first-order valence-corrected chi connectivity index (χ1v) is 5.25. The molecule has 1 unspecified atom stereocenters. The van der Waals surface area contributed by atoms with Crippen LogP contribution >= 0.6 is 11.3 Å². The van der Waals surface area contributed by atoms with Gasteiger partial charge >= 0.3 is 0 Å². The largest absolute Gasteiger partial charge is 0.249 e. The summed E-state index contributed by atoms with van der Waals surface area (Å²) < 4.78 is 0. The van der Waals surface area contributed by atoms with Gasteiger partial charge in [0.15, 0.2) is 0 Å². The summed E-state index contributed by atoms with van der Waals surface area (Å²) in [6.45, 7) is 2.18. The first-order valence-electron chi connectivity index (χ1n) is 4.31. The summed E-state index contributed by atoms with van der Waals surface area (Å²) in [7, 11) is 0. The molecule has 0 aliphatic heterocycles. The molecule has 13 heavy (non-hydrogen) atoms. The van der Waals surface area contributed by atoms with Crippen LogP contribution in [0.3, 0.4) is 0 Å². The molecule has 0 N–H and O–H groups in total. The first-order chi connectivity index (χ1) is 6.38. The highest BCUT2D eigenvalue weighted by molar-refractivity contribution is 7.07. The van der Waals surface area contributed by atoms with Gasteiger partial charge in [0.25, 0.3) is 0 Å². The van der Waals surface area contributed by atoms with Crippen molar-refractivity contribution >= 4 is 11.3 Å². The van der Waals surface area contributed by atoms with E-state index in [0.717, 1.165) is 5.69 Å². The quantitative estimate of drug-likeness (QED) is 0.706. The molecular weight excluding hydrogens is 178 g/mol. The van der Waals surface area contributed by atoms with Crippen molar-refractivity contribution in [2.24, 2.45) is 0 Å². The van der Waals surface area contributed by atoms with Gasteiger partial charge in [-0.25, -0.2) is 4.98 Å².